The Labute approximate surface area is 132 Å². The van der Waals surface area contributed by atoms with Gasteiger partial charge in [-0.05, 0) is 39.6 Å². The van der Waals surface area contributed by atoms with Gasteiger partial charge in [-0.1, -0.05) is 42.5 Å². The highest BCUT2D eigenvalue weighted by Gasteiger charge is 2.36. The Hall–Kier alpha value is -2.69. The monoisotopic (exact) mass is 306 g/mol. The molecule has 0 radical (unpaired) electrons. The third-order valence-electron chi connectivity index (χ3n) is 4.39. The third-order valence-corrected chi connectivity index (χ3v) is 4.39. The van der Waals surface area contributed by atoms with Crippen molar-refractivity contribution in [2.45, 2.75) is 12.2 Å². The molecule has 3 N–H and O–H groups in total. The second-order valence-electron chi connectivity index (χ2n) is 5.73. The molecule has 4 rings (SSSR count). The average molecular weight is 306 g/mol. The van der Waals surface area contributed by atoms with Crippen LogP contribution < -0.4 is 0 Å². The lowest BCUT2D eigenvalue weighted by molar-refractivity contribution is 0.0193. The summed E-state index contributed by atoms with van der Waals surface area (Å²) < 4.78 is 0. The van der Waals surface area contributed by atoms with Crippen molar-refractivity contribution in [3.8, 4) is 16.9 Å². The number of aliphatic hydroxyl groups is 2. The van der Waals surface area contributed by atoms with Crippen LogP contribution >= 0.6 is 0 Å². The van der Waals surface area contributed by atoms with Crippen LogP contribution in [0.5, 0.6) is 5.75 Å². The molecule has 0 unspecified atom stereocenters. The molecular formula is C19H14O4. The molecule has 0 amide bonds. The number of hydrogen-bond donors (Lipinski definition) is 3. The average Bonchev–Trinajstić information content (AvgIpc) is 2.58. The zero-order valence-electron chi connectivity index (χ0n) is 12.1. The van der Waals surface area contributed by atoms with Gasteiger partial charge in [0.1, 0.15) is 18.0 Å². The van der Waals surface area contributed by atoms with Crippen LogP contribution in [-0.2, 0) is 0 Å². The number of benzene rings is 3. The minimum atomic E-state index is -1.47. The molecule has 4 heteroatoms. The van der Waals surface area contributed by atoms with Crippen molar-refractivity contribution in [1.29, 1.82) is 0 Å². The van der Waals surface area contributed by atoms with Crippen molar-refractivity contribution in [3.63, 3.8) is 0 Å². The van der Waals surface area contributed by atoms with Gasteiger partial charge in [-0.25, -0.2) is 0 Å². The first-order valence-electron chi connectivity index (χ1n) is 7.33. The molecule has 0 aliphatic heterocycles. The van der Waals surface area contributed by atoms with E-state index in [2.05, 4.69) is 0 Å². The van der Waals surface area contributed by atoms with Crippen molar-refractivity contribution in [3.05, 3.63) is 65.7 Å². The van der Waals surface area contributed by atoms with E-state index in [-0.39, 0.29) is 5.75 Å². The standard InChI is InChI=1S/C19H14O4/c20-12-7-4-10(5-8-12)13-9-6-11-2-1-3-14-15(11)16(13)18(22)19(23)17(14)21/h1-9,17,19-21,23H/t17-,19+/m1/s1. The Bertz CT molecular complexity index is 928. The smallest absolute Gasteiger partial charge is 0.195 e. The molecule has 0 heterocycles. The zero-order chi connectivity index (χ0) is 16.1. The van der Waals surface area contributed by atoms with E-state index in [0.29, 0.717) is 22.1 Å². The van der Waals surface area contributed by atoms with Gasteiger partial charge in [-0.2, -0.15) is 0 Å². The fraction of sp³-hybridized carbons (Fsp3) is 0.105. The highest BCUT2D eigenvalue weighted by molar-refractivity contribution is 6.18. The normalized spacial score (nSPS) is 20.0. The minimum absolute atomic E-state index is 0.144. The van der Waals surface area contributed by atoms with Gasteiger partial charge in [0.15, 0.2) is 5.78 Å². The summed E-state index contributed by atoms with van der Waals surface area (Å²) in [4.78, 5) is 12.6. The lowest BCUT2D eigenvalue weighted by atomic mass is 9.80. The van der Waals surface area contributed by atoms with Crippen LogP contribution in [0.2, 0.25) is 0 Å². The predicted molar refractivity (Wildman–Crippen MR) is 86.3 cm³/mol. The maximum absolute atomic E-state index is 12.6. The fourth-order valence-electron chi connectivity index (χ4n) is 3.25. The van der Waals surface area contributed by atoms with E-state index in [4.69, 9.17) is 0 Å². The number of phenolic OH excluding ortho intramolecular Hbond substituents is 1. The number of aliphatic hydroxyl groups excluding tert-OH is 2. The molecule has 0 bridgehead atoms. The molecule has 0 saturated heterocycles. The molecule has 0 saturated carbocycles. The van der Waals surface area contributed by atoms with Crippen molar-refractivity contribution in [2.75, 3.05) is 0 Å². The summed E-state index contributed by atoms with van der Waals surface area (Å²) in [6.07, 6.45) is -2.68. The Kier molecular flexibility index (Phi) is 2.98. The predicted octanol–water partition coefficient (Wildman–Crippen LogP) is 2.80. The molecule has 114 valence electrons. The summed E-state index contributed by atoms with van der Waals surface area (Å²) in [5.74, 6) is -0.337. The van der Waals surface area contributed by atoms with Crippen LogP contribution in [0.4, 0.5) is 0 Å². The van der Waals surface area contributed by atoms with Gasteiger partial charge in [-0.15, -0.1) is 0 Å². The fourth-order valence-corrected chi connectivity index (χ4v) is 3.25. The Morgan fingerprint density at radius 1 is 0.826 bits per heavy atom. The van der Waals surface area contributed by atoms with Gasteiger partial charge in [0.25, 0.3) is 0 Å². The van der Waals surface area contributed by atoms with Gasteiger partial charge >= 0.3 is 0 Å². The van der Waals surface area contributed by atoms with Crippen LogP contribution in [0.3, 0.4) is 0 Å². The second-order valence-corrected chi connectivity index (χ2v) is 5.73. The van der Waals surface area contributed by atoms with Crippen molar-refractivity contribution in [1.82, 2.24) is 0 Å². The quantitative estimate of drug-likeness (QED) is 0.646. The molecule has 0 spiro atoms. The zero-order valence-corrected chi connectivity index (χ0v) is 12.1. The molecule has 3 aromatic rings. The summed E-state index contributed by atoms with van der Waals surface area (Å²) in [7, 11) is 0. The Morgan fingerprint density at radius 2 is 1.57 bits per heavy atom. The van der Waals surface area contributed by atoms with Crippen molar-refractivity contribution in [2.24, 2.45) is 0 Å². The summed E-state index contributed by atoms with van der Waals surface area (Å²) >= 11 is 0. The number of Topliss-reactive ketones (excluding diaryl/α,β-unsaturated/α-hetero) is 1. The van der Waals surface area contributed by atoms with E-state index < -0.39 is 18.0 Å². The molecule has 3 aromatic carbocycles. The largest absolute Gasteiger partial charge is 0.508 e. The van der Waals surface area contributed by atoms with E-state index >= 15 is 0 Å². The van der Waals surface area contributed by atoms with E-state index in [0.717, 1.165) is 10.9 Å². The number of rotatable bonds is 1. The Morgan fingerprint density at radius 3 is 2.30 bits per heavy atom. The van der Waals surface area contributed by atoms with Gasteiger partial charge in [0, 0.05) is 5.56 Å². The highest BCUT2D eigenvalue weighted by Crippen LogP contribution is 2.40. The minimum Gasteiger partial charge on any atom is -0.508 e. The summed E-state index contributed by atoms with van der Waals surface area (Å²) in [5.41, 5.74) is 2.43. The topological polar surface area (TPSA) is 77.8 Å². The number of ketones is 1. The second kappa shape index (κ2) is 4.91. The number of carbonyl (C=O) groups is 1. The van der Waals surface area contributed by atoms with Gasteiger partial charge < -0.3 is 15.3 Å². The lowest BCUT2D eigenvalue weighted by Gasteiger charge is -2.27. The molecule has 2 atom stereocenters. The van der Waals surface area contributed by atoms with Crippen LogP contribution in [-0.4, -0.2) is 27.2 Å². The van der Waals surface area contributed by atoms with Gasteiger partial charge in [0.2, 0.25) is 0 Å². The Balaban J connectivity index is 2.09. The highest BCUT2D eigenvalue weighted by atomic mass is 16.3. The van der Waals surface area contributed by atoms with E-state index in [1.807, 2.05) is 18.2 Å². The summed E-state index contributed by atoms with van der Waals surface area (Å²) in [6, 6.07) is 15.7. The van der Waals surface area contributed by atoms with Crippen molar-refractivity contribution >= 4 is 16.6 Å². The van der Waals surface area contributed by atoms with E-state index in [1.54, 1.807) is 36.4 Å². The van der Waals surface area contributed by atoms with Crippen LogP contribution in [0.15, 0.2) is 54.6 Å². The third kappa shape index (κ3) is 1.96. The molecular weight excluding hydrogens is 292 g/mol. The number of hydrogen-bond acceptors (Lipinski definition) is 4. The first-order valence-corrected chi connectivity index (χ1v) is 7.33. The maximum Gasteiger partial charge on any atom is 0.195 e. The number of carbonyl (C=O) groups excluding carboxylic acids is 1. The molecule has 0 aromatic heterocycles. The summed E-state index contributed by atoms with van der Waals surface area (Å²) in [6.45, 7) is 0. The first kappa shape index (κ1) is 13.9. The molecule has 4 nitrogen and oxygen atoms in total. The molecule has 1 aliphatic carbocycles. The van der Waals surface area contributed by atoms with Crippen molar-refractivity contribution < 1.29 is 20.1 Å². The molecule has 1 aliphatic rings. The first-order chi connectivity index (χ1) is 11.1. The number of phenols is 1. The van der Waals surface area contributed by atoms with Crippen LogP contribution in [0, 0.1) is 0 Å². The van der Waals surface area contributed by atoms with Gasteiger partial charge in [0.05, 0.1) is 0 Å². The van der Waals surface area contributed by atoms with E-state index in [1.165, 1.54) is 0 Å². The van der Waals surface area contributed by atoms with E-state index in [9.17, 15) is 20.1 Å². The van der Waals surface area contributed by atoms with Gasteiger partial charge in [-0.3, -0.25) is 4.79 Å². The molecule has 23 heavy (non-hydrogen) atoms. The summed E-state index contributed by atoms with van der Waals surface area (Å²) in [5, 5.41) is 31.3. The van der Waals surface area contributed by atoms with Crippen LogP contribution in [0.25, 0.3) is 21.9 Å². The molecule has 0 fully saturated rings. The number of aromatic hydroxyl groups is 1. The van der Waals surface area contributed by atoms with Crippen LogP contribution in [0.1, 0.15) is 22.0 Å². The SMILES string of the molecule is O=C1c2c(-c3ccc(O)cc3)ccc3cccc(c23)[C@@H](O)[C@@H]1O. The lowest BCUT2D eigenvalue weighted by Crippen LogP contribution is -2.32. The maximum atomic E-state index is 12.6.